The molecule has 2 rings (SSSR count). The van der Waals surface area contributed by atoms with E-state index in [9.17, 15) is 5.11 Å². The molecule has 0 fully saturated rings. The van der Waals surface area contributed by atoms with Crippen molar-refractivity contribution in [3.05, 3.63) is 46.2 Å². The lowest BCUT2D eigenvalue weighted by Crippen LogP contribution is -2.03. The molecule has 3 nitrogen and oxygen atoms in total. The number of halogens is 1. The lowest BCUT2D eigenvalue weighted by molar-refractivity contribution is 0.199. The number of benzene rings is 1. The summed E-state index contributed by atoms with van der Waals surface area (Å²) >= 11 is 6.32. The number of aryl methyl sites for hydroxylation is 2. The van der Waals surface area contributed by atoms with Crippen LogP contribution in [0, 0.1) is 0 Å². The summed E-state index contributed by atoms with van der Waals surface area (Å²) in [4.78, 5) is 0. The van der Waals surface area contributed by atoms with Crippen molar-refractivity contribution >= 4 is 11.6 Å². The summed E-state index contributed by atoms with van der Waals surface area (Å²) in [5, 5.41) is 14.8. The van der Waals surface area contributed by atoms with Crippen LogP contribution in [0.3, 0.4) is 0 Å². The maximum Gasteiger partial charge on any atom is 0.0835 e. The molecule has 0 bridgehead atoms. The summed E-state index contributed by atoms with van der Waals surface area (Å²) in [7, 11) is 0. The molecule has 0 spiro atoms. The van der Waals surface area contributed by atoms with Crippen LogP contribution in [0.25, 0.3) is 5.69 Å². The molecule has 0 radical (unpaired) electrons. The molecule has 19 heavy (non-hydrogen) atoms. The fourth-order valence-corrected chi connectivity index (χ4v) is 2.33. The van der Waals surface area contributed by atoms with Gasteiger partial charge in [0.05, 0.1) is 22.5 Å². The lowest BCUT2D eigenvalue weighted by Gasteiger charge is -2.11. The van der Waals surface area contributed by atoms with Gasteiger partial charge in [-0.1, -0.05) is 31.5 Å². The molecule has 0 unspecified atom stereocenters. The van der Waals surface area contributed by atoms with E-state index < -0.39 is 6.10 Å². The Labute approximate surface area is 118 Å². The fraction of sp³-hybridized carbons (Fsp3) is 0.400. The largest absolute Gasteiger partial charge is 0.389 e. The predicted molar refractivity (Wildman–Crippen MR) is 78.0 cm³/mol. The van der Waals surface area contributed by atoms with Gasteiger partial charge in [-0.2, -0.15) is 5.10 Å². The van der Waals surface area contributed by atoms with Crippen LogP contribution in [0.4, 0.5) is 0 Å². The number of hydrogen-bond donors (Lipinski definition) is 1. The zero-order valence-electron chi connectivity index (χ0n) is 11.5. The molecule has 1 aromatic heterocycles. The van der Waals surface area contributed by atoms with Crippen molar-refractivity contribution in [1.82, 2.24) is 9.78 Å². The van der Waals surface area contributed by atoms with Crippen LogP contribution in [-0.2, 0) is 12.8 Å². The Morgan fingerprint density at radius 1 is 1.26 bits per heavy atom. The highest BCUT2D eigenvalue weighted by Gasteiger charge is 2.12. The Morgan fingerprint density at radius 3 is 2.53 bits per heavy atom. The first-order valence-corrected chi connectivity index (χ1v) is 7.00. The van der Waals surface area contributed by atoms with Crippen LogP contribution in [-0.4, -0.2) is 14.9 Å². The zero-order valence-corrected chi connectivity index (χ0v) is 12.3. The van der Waals surface area contributed by atoms with Crippen molar-refractivity contribution < 1.29 is 5.11 Å². The standard InChI is InChI=1S/C15H19ClN2O/c1-4-12-9-13(5-2)18(17-12)15-7-6-11(10(3)19)8-14(15)16/h6-10,19H,4-5H2,1-3H3/t10-/m1/s1. The first-order valence-electron chi connectivity index (χ1n) is 6.62. The average Bonchev–Trinajstić information content (AvgIpc) is 2.81. The van der Waals surface area contributed by atoms with Gasteiger partial charge in [-0.3, -0.25) is 0 Å². The number of aromatic nitrogens is 2. The molecule has 0 saturated carbocycles. The van der Waals surface area contributed by atoms with Gasteiger partial charge in [0, 0.05) is 5.69 Å². The van der Waals surface area contributed by atoms with Gasteiger partial charge in [0.15, 0.2) is 0 Å². The van der Waals surface area contributed by atoms with Crippen LogP contribution in [0.1, 0.15) is 43.8 Å². The summed E-state index contributed by atoms with van der Waals surface area (Å²) < 4.78 is 1.90. The minimum absolute atomic E-state index is 0.513. The number of rotatable bonds is 4. The van der Waals surface area contributed by atoms with Crippen molar-refractivity contribution in [1.29, 1.82) is 0 Å². The van der Waals surface area contributed by atoms with E-state index in [1.54, 1.807) is 13.0 Å². The topological polar surface area (TPSA) is 38.0 Å². The quantitative estimate of drug-likeness (QED) is 0.926. The van der Waals surface area contributed by atoms with Crippen LogP contribution >= 0.6 is 11.6 Å². The Balaban J connectivity index is 2.49. The van der Waals surface area contributed by atoms with E-state index in [2.05, 4.69) is 25.0 Å². The summed E-state index contributed by atoms with van der Waals surface area (Å²) in [5.74, 6) is 0. The van der Waals surface area contributed by atoms with Gasteiger partial charge in [-0.05, 0) is 43.5 Å². The molecular weight excluding hydrogens is 260 g/mol. The van der Waals surface area contributed by atoms with Crippen molar-refractivity contribution in [2.24, 2.45) is 0 Å². The first kappa shape index (κ1) is 14.1. The van der Waals surface area contributed by atoms with Gasteiger partial charge in [-0.15, -0.1) is 0 Å². The van der Waals surface area contributed by atoms with E-state index in [0.29, 0.717) is 5.02 Å². The lowest BCUT2D eigenvalue weighted by atomic mass is 10.1. The van der Waals surface area contributed by atoms with E-state index in [0.717, 1.165) is 35.5 Å². The molecule has 1 N–H and O–H groups in total. The molecule has 0 aliphatic rings. The molecule has 0 saturated heterocycles. The minimum atomic E-state index is -0.513. The summed E-state index contributed by atoms with van der Waals surface area (Å²) in [6, 6.07) is 7.71. The smallest absolute Gasteiger partial charge is 0.0835 e. The van der Waals surface area contributed by atoms with Crippen molar-refractivity contribution in [3.63, 3.8) is 0 Å². The van der Waals surface area contributed by atoms with E-state index in [1.807, 2.05) is 16.8 Å². The molecule has 4 heteroatoms. The number of nitrogens with zero attached hydrogens (tertiary/aromatic N) is 2. The third-order valence-electron chi connectivity index (χ3n) is 3.24. The second kappa shape index (κ2) is 5.76. The SMILES string of the molecule is CCc1cc(CC)n(-c2ccc([C@@H](C)O)cc2Cl)n1. The van der Waals surface area contributed by atoms with Crippen molar-refractivity contribution in [2.45, 2.75) is 39.7 Å². The Kier molecular flexibility index (Phi) is 4.27. The molecule has 0 aliphatic heterocycles. The maximum atomic E-state index is 9.57. The highest BCUT2D eigenvalue weighted by atomic mass is 35.5. The van der Waals surface area contributed by atoms with Crippen molar-refractivity contribution in [3.8, 4) is 5.69 Å². The van der Waals surface area contributed by atoms with E-state index in [1.165, 1.54) is 0 Å². The van der Waals surface area contributed by atoms with Crippen LogP contribution in [0.15, 0.2) is 24.3 Å². The molecule has 2 aromatic rings. The summed E-state index contributed by atoms with van der Waals surface area (Å²) in [6.07, 6.45) is 1.30. The van der Waals surface area contributed by atoms with Gasteiger partial charge in [0.1, 0.15) is 0 Å². The molecule has 0 amide bonds. The Morgan fingerprint density at radius 2 is 2.00 bits per heavy atom. The second-order valence-electron chi connectivity index (χ2n) is 4.63. The Bertz CT molecular complexity index is 576. The van der Waals surface area contributed by atoms with Gasteiger partial charge in [-0.25, -0.2) is 4.68 Å². The van der Waals surface area contributed by atoms with Gasteiger partial charge in [0.2, 0.25) is 0 Å². The van der Waals surface area contributed by atoms with Crippen molar-refractivity contribution in [2.75, 3.05) is 0 Å². The summed E-state index contributed by atoms with van der Waals surface area (Å²) in [5.41, 5.74) is 3.88. The molecule has 1 aromatic carbocycles. The summed E-state index contributed by atoms with van der Waals surface area (Å²) in [6.45, 7) is 5.92. The first-order chi connectivity index (χ1) is 9.06. The van der Waals surface area contributed by atoms with Gasteiger partial charge in [0.25, 0.3) is 0 Å². The predicted octanol–water partition coefficient (Wildman–Crippen LogP) is 3.70. The highest BCUT2D eigenvalue weighted by Crippen LogP contribution is 2.26. The number of aliphatic hydroxyl groups is 1. The van der Waals surface area contributed by atoms with E-state index >= 15 is 0 Å². The highest BCUT2D eigenvalue weighted by molar-refractivity contribution is 6.32. The molecule has 1 atom stereocenters. The molecule has 1 heterocycles. The normalized spacial score (nSPS) is 12.7. The second-order valence-corrected chi connectivity index (χ2v) is 5.04. The molecular formula is C15H19ClN2O. The fourth-order valence-electron chi connectivity index (χ4n) is 2.06. The molecule has 102 valence electrons. The average molecular weight is 279 g/mol. The monoisotopic (exact) mass is 278 g/mol. The number of aliphatic hydroxyl groups excluding tert-OH is 1. The Hall–Kier alpha value is -1.32. The number of hydrogen-bond acceptors (Lipinski definition) is 2. The maximum absolute atomic E-state index is 9.57. The van der Waals surface area contributed by atoms with Gasteiger partial charge >= 0.3 is 0 Å². The van der Waals surface area contributed by atoms with E-state index in [4.69, 9.17) is 11.6 Å². The van der Waals surface area contributed by atoms with Gasteiger partial charge < -0.3 is 5.11 Å². The third kappa shape index (κ3) is 2.82. The zero-order chi connectivity index (χ0) is 14.0. The van der Waals surface area contributed by atoms with Crippen LogP contribution < -0.4 is 0 Å². The van der Waals surface area contributed by atoms with Crippen LogP contribution in [0.2, 0.25) is 5.02 Å². The molecule has 0 aliphatic carbocycles. The van der Waals surface area contributed by atoms with Crippen LogP contribution in [0.5, 0.6) is 0 Å². The third-order valence-corrected chi connectivity index (χ3v) is 3.54. The van der Waals surface area contributed by atoms with E-state index in [-0.39, 0.29) is 0 Å². The minimum Gasteiger partial charge on any atom is -0.389 e.